The van der Waals surface area contributed by atoms with Gasteiger partial charge < -0.3 is 14.4 Å². The van der Waals surface area contributed by atoms with Crippen molar-refractivity contribution in [2.75, 3.05) is 26.2 Å². The van der Waals surface area contributed by atoms with Crippen molar-refractivity contribution in [2.45, 2.75) is 26.4 Å². The second-order valence-electron chi connectivity index (χ2n) is 7.20. The fourth-order valence-electron chi connectivity index (χ4n) is 3.81. The van der Waals surface area contributed by atoms with Gasteiger partial charge in [0.1, 0.15) is 5.82 Å². The van der Waals surface area contributed by atoms with Crippen LogP contribution in [0.3, 0.4) is 0 Å². The van der Waals surface area contributed by atoms with Gasteiger partial charge in [-0.2, -0.15) is 0 Å². The number of para-hydroxylation sites is 2. The molecule has 1 amide bonds. The minimum absolute atomic E-state index is 0.0759. The normalized spacial score (nSPS) is 14.7. The molecule has 1 aromatic heterocycles. The molecule has 0 N–H and O–H groups in total. The third-order valence-electron chi connectivity index (χ3n) is 5.35. The van der Waals surface area contributed by atoms with Gasteiger partial charge in [0.25, 0.3) is 5.91 Å². The average molecular weight is 362 g/mol. The van der Waals surface area contributed by atoms with E-state index in [-0.39, 0.29) is 5.91 Å². The Bertz CT molecular complexity index is 912. The number of hydrogen-bond acceptors (Lipinski definition) is 3. The topological polar surface area (TPSA) is 41.4 Å². The van der Waals surface area contributed by atoms with Crippen LogP contribution >= 0.6 is 0 Å². The summed E-state index contributed by atoms with van der Waals surface area (Å²) in [7, 11) is 0. The van der Waals surface area contributed by atoms with Gasteiger partial charge in [-0.3, -0.25) is 4.79 Å². The minimum Gasteiger partial charge on any atom is -0.319 e. The van der Waals surface area contributed by atoms with Crippen molar-refractivity contribution in [3.05, 3.63) is 66.0 Å². The number of aromatic nitrogens is 2. The van der Waals surface area contributed by atoms with Crippen LogP contribution in [-0.2, 0) is 6.67 Å². The lowest BCUT2D eigenvalue weighted by Gasteiger charge is -2.26. The second kappa shape index (κ2) is 7.92. The van der Waals surface area contributed by atoms with E-state index in [1.807, 2.05) is 60.4 Å². The molecule has 4 rings (SSSR count). The maximum Gasteiger partial charge on any atom is 0.255 e. The Morgan fingerprint density at radius 1 is 1.04 bits per heavy atom. The van der Waals surface area contributed by atoms with Crippen LogP contribution in [0.25, 0.3) is 11.0 Å². The summed E-state index contributed by atoms with van der Waals surface area (Å²) in [6.07, 6.45) is 2.52. The van der Waals surface area contributed by atoms with Crippen LogP contribution in [-0.4, -0.2) is 51.4 Å². The number of carbonyl (C=O) groups is 1. The Kier molecular flexibility index (Phi) is 5.21. The highest BCUT2D eigenvalue weighted by molar-refractivity contribution is 5.94. The molecule has 0 radical (unpaired) electrons. The van der Waals surface area contributed by atoms with Crippen LogP contribution in [0, 0.1) is 6.92 Å². The third-order valence-corrected chi connectivity index (χ3v) is 5.35. The summed E-state index contributed by atoms with van der Waals surface area (Å²) in [6.45, 7) is 6.45. The number of hydrogen-bond donors (Lipinski definition) is 0. The van der Waals surface area contributed by atoms with Gasteiger partial charge in [0.15, 0.2) is 0 Å². The number of likely N-dealkylation sites (tertiary alicyclic amines) is 1. The first-order valence-electron chi connectivity index (χ1n) is 9.71. The Balaban J connectivity index is 1.60. The smallest absolute Gasteiger partial charge is 0.255 e. The predicted octanol–water partition coefficient (Wildman–Crippen LogP) is 3.54. The van der Waals surface area contributed by atoms with Crippen molar-refractivity contribution in [2.24, 2.45) is 0 Å². The molecule has 0 aliphatic carbocycles. The molecule has 0 saturated carbocycles. The highest BCUT2D eigenvalue weighted by Crippen LogP contribution is 2.17. The summed E-state index contributed by atoms with van der Waals surface area (Å²) in [5.41, 5.74) is 2.78. The van der Waals surface area contributed by atoms with Crippen molar-refractivity contribution >= 4 is 16.9 Å². The van der Waals surface area contributed by atoms with Gasteiger partial charge in [-0.25, -0.2) is 4.98 Å². The first-order chi connectivity index (χ1) is 13.2. The molecule has 0 unspecified atom stereocenters. The first-order valence-corrected chi connectivity index (χ1v) is 9.71. The summed E-state index contributed by atoms with van der Waals surface area (Å²) in [6, 6.07) is 17.7. The monoisotopic (exact) mass is 362 g/mol. The number of fused-ring (bicyclic) bond motifs is 1. The number of benzene rings is 2. The molecule has 1 fully saturated rings. The van der Waals surface area contributed by atoms with Crippen LogP contribution in [0.15, 0.2) is 54.6 Å². The van der Waals surface area contributed by atoms with Gasteiger partial charge in [-0.05, 0) is 57.1 Å². The Morgan fingerprint density at radius 2 is 1.74 bits per heavy atom. The van der Waals surface area contributed by atoms with E-state index in [0.717, 1.165) is 48.6 Å². The molecule has 2 aromatic carbocycles. The first kappa shape index (κ1) is 17.7. The summed E-state index contributed by atoms with van der Waals surface area (Å²) in [4.78, 5) is 22.2. The lowest BCUT2D eigenvalue weighted by atomic mass is 10.2. The fraction of sp³-hybridized carbons (Fsp3) is 0.364. The summed E-state index contributed by atoms with van der Waals surface area (Å²) in [5.74, 6) is 1.01. The standard InChI is InChI=1S/C22H26N4O/c1-18-23-20-11-5-6-12-21(20)26(18)17-25(16-15-24-13-7-8-14-24)22(27)19-9-3-2-4-10-19/h2-6,9-12H,7-8,13-17H2,1H3. The third kappa shape index (κ3) is 3.88. The molecule has 1 saturated heterocycles. The largest absolute Gasteiger partial charge is 0.319 e. The second-order valence-corrected chi connectivity index (χ2v) is 7.20. The van der Waals surface area contributed by atoms with Crippen LogP contribution in [0.2, 0.25) is 0 Å². The molecule has 2 heterocycles. The Morgan fingerprint density at radius 3 is 2.52 bits per heavy atom. The summed E-state index contributed by atoms with van der Waals surface area (Å²) in [5, 5.41) is 0. The van der Waals surface area contributed by atoms with Gasteiger partial charge in [0, 0.05) is 18.7 Å². The van der Waals surface area contributed by atoms with Gasteiger partial charge in [-0.15, -0.1) is 0 Å². The van der Waals surface area contributed by atoms with Crippen LogP contribution in [0.1, 0.15) is 29.0 Å². The molecule has 3 aromatic rings. The molecular weight excluding hydrogens is 336 g/mol. The van der Waals surface area contributed by atoms with Crippen LogP contribution in [0.4, 0.5) is 0 Å². The lowest BCUT2D eigenvalue weighted by Crippen LogP contribution is -2.39. The van der Waals surface area contributed by atoms with Gasteiger partial charge in [-0.1, -0.05) is 30.3 Å². The van der Waals surface area contributed by atoms with Crippen molar-refractivity contribution in [1.29, 1.82) is 0 Å². The zero-order valence-electron chi connectivity index (χ0n) is 15.8. The van der Waals surface area contributed by atoms with E-state index in [1.165, 1.54) is 12.8 Å². The lowest BCUT2D eigenvalue weighted by molar-refractivity contribution is 0.0686. The molecule has 27 heavy (non-hydrogen) atoms. The number of rotatable bonds is 6. The van der Waals surface area contributed by atoms with Gasteiger partial charge >= 0.3 is 0 Å². The van der Waals surface area contributed by atoms with E-state index >= 15 is 0 Å². The maximum atomic E-state index is 13.2. The van der Waals surface area contributed by atoms with E-state index in [4.69, 9.17) is 0 Å². The van der Waals surface area contributed by atoms with E-state index in [9.17, 15) is 4.79 Å². The van der Waals surface area contributed by atoms with Crippen molar-refractivity contribution in [3.63, 3.8) is 0 Å². The summed E-state index contributed by atoms with van der Waals surface area (Å²) < 4.78 is 2.14. The number of carbonyl (C=O) groups excluding carboxylic acids is 1. The number of imidazole rings is 1. The highest BCUT2D eigenvalue weighted by Gasteiger charge is 2.20. The highest BCUT2D eigenvalue weighted by atomic mass is 16.2. The quantitative estimate of drug-likeness (QED) is 0.673. The molecule has 1 aliphatic rings. The number of nitrogens with zero attached hydrogens (tertiary/aromatic N) is 4. The molecular formula is C22H26N4O. The van der Waals surface area contributed by atoms with Gasteiger partial charge in [0.2, 0.25) is 0 Å². The SMILES string of the molecule is Cc1nc2ccccc2n1CN(CCN1CCCC1)C(=O)c1ccccc1. The van der Waals surface area contributed by atoms with Crippen LogP contribution < -0.4 is 0 Å². The van der Waals surface area contributed by atoms with E-state index in [1.54, 1.807) is 0 Å². The van der Waals surface area contributed by atoms with E-state index in [2.05, 4.69) is 20.5 Å². The molecule has 5 nitrogen and oxygen atoms in total. The van der Waals surface area contributed by atoms with E-state index < -0.39 is 0 Å². The molecule has 0 atom stereocenters. The van der Waals surface area contributed by atoms with E-state index in [0.29, 0.717) is 6.67 Å². The Hall–Kier alpha value is -2.66. The number of aryl methyl sites for hydroxylation is 1. The molecule has 0 bridgehead atoms. The predicted molar refractivity (Wildman–Crippen MR) is 108 cm³/mol. The number of amides is 1. The van der Waals surface area contributed by atoms with Crippen molar-refractivity contribution in [3.8, 4) is 0 Å². The molecule has 140 valence electrons. The van der Waals surface area contributed by atoms with Crippen molar-refractivity contribution < 1.29 is 4.79 Å². The molecule has 0 spiro atoms. The zero-order valence-corrected chi connectivity index (χ0v) is 15.8. The van der Waals surface area contributed by atoms with Crippen molar-refractivity contribution in [1.82, 2.24) is 19.4 Å². The minimum atomic E-state index is 0.0759. The molecule has 5 heteroatoms. The van der Waals surface area contributed by atoms with Gasteiger partial charge in [0.05, 0.1) is 17.7 Å². The fourth-order valence-corrected chi connectivity index (χ4v) is 3.81. The van der Waals surface area contributed by atoms with Crippen LogP contribution in [0.5, 0.6) is 0 Å². The summed E-state index contributed by atoms with van der Waals surface area (Å²) >= 11 is 0. The average Bonchev–Trinajstić information content (AvgIpc) is 3.33. The maximum absolute atomic E-state index is 13.2. The Labute approximate surface area is 160 Å². The molecule has 1 aliphatic heterocycles. The zero-order chi connectivity index (χ0) is 18.6.